The fourth-order valence-corrected chi connectivity index (χ4v) is 3.54. The minimum Gasteiger partial charge on any atom is -0.508 e. The maximum atomic E-state index is 12.4. The molecule has 132 valence electrons. The van der Waals surface area contributed by atoms with Crippen LogP contribution >= 0.6 is 11.8 Å². The van der Waals surface area contributed by atoms with Gasteiger partial charge in [0.15, 0.2) is 0 Å². The summed E-state index contributed by atoms with van der Waals surface area (Å²) in [6.07, 6.45) is 2.24. The normalized spacial score (nSPS) is 17.8. The molecule has 0 unspecified atom stereocenters. The number of carbonyl (C=O) groups excluding carboxylic acids is 1. The first-order valence-electron chi connectivity index (χ1n) is 8.47. The van der Waals surface area contributed by atoms with Gasteiger partial charge in [-0.25, -0.2) is 0 Å². The third-order valence-corrected chi connectivity index (χ3v) is 5.32. The molecule has 2 aromatic rings. The van der Waals surface area contributed by atoms with E-state index in [1.165, 1.54) is 11.8 Å². The number of aromatic hydroxyl groups is 1. The molecule has 1 amide bonds. The quantitative estimate of drug-likeness (QED) is 0.818. The molecule has 2 heterocycles. The Labute approximate surface area is 150 Å². The van der Waals surface area contributed by atoms with Crippen molar-refractivity contribution < 1.29 is 14.3 Å². The minimum absolute atomic E-state index is 0.0986. The third kappa shape index (κ3) is 3.89. The summed E-state index contributed by atoms with van der Waals surface area (Å²) in [5, 5.41) is 17.9. The monoisotopic (exact) mass is 360 g/mol. The average Bonchev–Trinajstić information content (AvgIpc) is 3.39. The molecule has 1 aliphatic carbocycles. The molecule has 0 spiro atoms. The molecular weight excluding hydrogens is 340 g/mol. The predicted octanol–water partition coefficient (Wildman–Crippen LogP) is 2.09. The second-order valence-corrected chi connectivity index (χ2v) is 7.28. The van der Waals surface area contributed by atoms with E-state index >= 15 is 0 Å². The number of amides is 1. The van der Waals surface area contributed by atoms with Gasteiger partial charge >= 0.3 is 0 Å². The lowest BCUT2D eigenvalue weighted by Gasteiger charge is -2.36. The molecule has 0 atom stereocenters. The number of benzene rings is 1. The van der Waals surface area contributed by atoms with Crippen LogP contribution < -0.4 is 4.90 Å². The fraction of sp³-hybridized carbons (Fsp3) is 0.471. The first-order valence-corrected chi connectivity index (χ1v) is 9.45. The maximum absolute atomic E-state index is 12.4. The van der Waals surface area contributed by atoms with Gasteiger partial charge in [-0.3, -0.25) is 4.79 Å². The predicted molar refractivity (Wildman–Crippen MR) is 93.9 cm³/mol. The Balaban J connectivity index is 1.25. The number of hydrogen-bond donors (Lipinski definition) is 1. The summed E-state index contributed by atoms with van der Waals surface area (Å²) in [5.41, 5.74) is 1.07. The van der Waals surface area contributed by atoms with Crippen LogP contribution in [0.1, 0.15) is 24.7 Å². The molecule has 2 fully saturated rings. The Kier molecular flexibility index (Phi) is 4.52. The molecule has 1 aromatic carbocycles. The van der Waals surface area contributed by atoms with E-state index in [4.69, 9.17) is 4.42 Å². The first-order chi connectivity index (χ1) is 12.2. The van der Waals surface area contributed by atoms with Gasteiger partial charge in [0.1, 0.15) is 5.75 Å². The van der Waals surface area contributed by atoms with Gasteiger partial charge in [0.2, 0.25) is 11.8 Å². The van der Waals surface area contributed by atoms with Crippen LogP contribution in [0, 0.1) is 0 Å². The Bertz CT molecular complexity index is 737. The van der Waals surface area contributed by atoms with E-state index in [2.05, 4.69) is 15.1 Å². The second kappa shape index (κ2) is 6.95. The first kappa shape index (κ1) is 16.3. The summed E-state index contributed by atoms with van der Waals surface area (Å²) in [5.74, 6) is 1.83. The van der Waals surface area contributed by atoms with E-state index < -0.39 is 0 Å². The lowest BCUT2D eigenvalue weighted by molar-refractivity contribution is -0.128. The van der Waals surface area contributed by atoms with Crippen LogP contribution in [0.15, 0.2) is 33.9 Å². The van der Waals surface area contributed by atoms with Crippen LogP contribution in [0.25, 0.3) is 0 Å². The van der Waals surface area contributed by atoms with Crippen molar-refractivity contribution in [1.82, 2.24) is 15.1 Å². The van der Waals surface area contributed by atoms with E-state index in [0.717, 1.165) is 31.6 Å². The van der Waals surface area contributed by atoms with Crippen LogP contribution in [0.3, 0.4) is 0 Å². The minimum atomic E-state index is 0.0986. The van der Waals surface area contributed by atoms with Crippen LogP contribution in [0.4, 0.5) is 5.69 Å². The molecule has 1 saturated heterocycles. The summed E-state index contributed by atoms with van der Waals surface area (Å²) < 4.78 is 5.57. The molecule has 4 rings (SSSR count). The van der Waals surface area contributed by atoms with Gasteiger partial charge in [0, 0.05) is 37.8 Å². The van der Waals surface area contributed by atoms with E-state index in [-0.39, 0.29) is 11.7 Å². The number of hydrogen-bond acceptors (Lipinski definition) is 7. The maximum Gasteiger partial charge on any atom is 0.277 e. The lowest BCUT2D eigenvalue weighted by atomic mass is 10.2. The lowest BCUT2D eigenvalue weighted by Crippen LogP contribution is -2.49. The zero-order chi connectivity index (χ0) is 17.2. The van der Waals surface area contributed by atoms with Gasteiger partial charge < -0.3 is 19.3 Å². The third-order valence-electron chi connectivity index (χ3n) is 4.52. The summed E-state index contributed by atoms with van der Waals surface area (Å²) in [7, 11) is 0. The number of rotatable bonds is 5. The number of anilines is 1. The molecule has 25 heavy (non-hydrogen) atoms. The van der Waals surface area contributed by atoms with Crippen LogP contribution in [0.5, 0.6) is 5.75 Å². The highest BCUT2D eigenvalue weighted by atomic mass is 32.2. The highest BCUT2D eigenvalue weighted by molar-refractivity contribution is 7.99. The zero-order valence-electron chi connectivity index (χ0n) is 13.8. The van der Waals surface area contributed by atoms with Crippen molar-refractivity contribution in [1.29, 1.82) is 0 Å². The van der Waals surface area contributed by atoms with Crippen molar-refractivity contribution >= 4 is 23.4 Å². The SMILES string of the molecule is O=C(CSc1nnc(C2CC2)o1)N1CCN(c2ccc(O)cc2)CC1. The Morgan fingerprint density at radius 2 is 1.88 bits per heavy atom. The average molecular weight is 360 g/mol. The molecular formula is C17H20N4O3S. The zero-order valence-corrected chi connectivity index (χ0v) is 14.6. The molecule has 1 aliphatic heterocycles. The topological polar surface area (TPSA) is 82.7 Å². The largest absolute Gasteiger partial charge is 0.508 e. The highest BCUT2D eigenvalue weighted by Crippen LogP contribution is 2.39. The number of nitrogens with zero attached hydrogens (tertiary/aromatic N) is 4. The number of piperazine rings is 1. The van der Waals surface area contributed by atoms with Gasteiger partial charge in [-0.2, -0.15) is 0 Å². The number of phenolic OH excluding ortho intramolecular Hbond substituents is 1. The Morgan fingerprint density at radius 3 is 2.56 bits per heavy atom. The molecule has 7 nitrogen and oxygen atoms in total. The smallest absolute Gasteiger partial charge is 0.277 e. The second-order valence-electron chi connectivity index (χ2n) is 6.35. The van der Waals surface area contributed by atoms with E-state index in [1.807, 2.05) is 17.0 Å². The fourth-order valence-electron chi connectivity index (χ4n) is 2.87. The van der Waals surface area contributed by atoms with Crippen molar-refractivity contribution in [3.05, 3.63) is 30.2 Å². The van der Waals surface area contributed by atoms with Crippen molar-refractivity contribution in [3.8, 4) is 5.75 Å². The van der Waals surface area contributed by atoms with Gasteiger partial charge in [-0.15, -0.1) is 10.2 Å². The van der Waals surface area contributed by atoms with E-state index in [0.29, 0.717) is 35.9 Å². The summed E-state index contributed by atoms with van der Waals surface area (Å²) >= 11 is 1.31. The molecule has 2 aliphatic rings. The van der Waals surface area contributed by atoms with Crippen LogP contribution in [-0.2, 0) is 4.79 Å². The molecule has 1 saturated carbocycles. The molecule has 0 radical (unpaired) electrons. The van der Waals surface area contributed by atoms with Gasteiger partial charge in [-0.1, -0.05) is 11.8 Å². The van der Waals surface area contributed by atoms with Crippen molar-refractivity contribution in [2.45, 2.75) is 24.0 Å². The Morgan fingerprint density at radius 1 is 1.16 bits per heavy atom. The van der Waals surface area contributed by atoms with Crippen molar-refractivity contribution in [3.63, 3.8) is 0 Å². The Hall–Kier alpha value is -2.22. The van der Waals surface area contributed by atoms with Gasteiger partial charge in [-0.05, 0) is 37.1 Å². The molecule has 8 heteroatoms. The van der Waals surface area contributed by atoms with Crippen LogP contribution in [0.2, 0.25) is 0 Å². The molecule has 0 bridgehead atoms. The summed E-state index contributed by atoms with van der Waals surface area (Å²) in [6.45, 7) is 2.95. The number of phenols is 1. The van der Waals surface area contributed by atoms with Gasteiger partial charge in [0.05, 0.1) is 5.75 Å². The molecule has 1 aromatic heterocycles. The highest BCUT2D eigenvalue weighted by Gasteiger charge is 2.29. The number of carbonyl (C=O) groups is 1. The van der Waals surface area contributed by atoms with E-state index in [1.54, 1.807) is 12.1 Å². The molecule has 1 N–H and O–H groups in total. The van der Waals surface area contributed by atoms with E-state index in [9.17, 15) is 9.90 Å². The van der Waals surface area contributed by atoms with Crippen LogP contribution in [-0.4, -0.2) is 58.0 Å². The summed E-state index contributed by atoms with van der Waals surface area (Å²) in [6, 6.07) is 7.17. The van der Waals surface area contributed by atoms with Crippen molar-refractivity contribution in [2.75, 3.05) is 36.8 Å². The standard InChI is InChI=1S/C17H20N4O3S/c22-14-5-3-13(4-6-14)20-7-9-21(10-8-20)15(23)11-25-17-19-18-16(24-17)12-1-2-12/h3-6,12,22H,1-2,7-11H2. The van der Waals surface area contributed by atoms with Gasteiger partial charge in [0.25, 0.3) is 5.22 Å². The van der Waals surface area contributed by atoms with Crippen molar-refractivity contribution in [2.24, 2.45) is 0 Å². The summed E-state index contributed by atoms with van der Waals surface area (Å²) in [4.78, 5) is 16.5. The number of thioether (sulfide) groups is 1. The number of aromatic nitrogens is 2.